The summed E-state index contributed by atoms with van der Waals surface area (Å²) in [6.45, 7) is 7.89. The average Bonchev–Trinajstić information content (AvgIpc) is 2.50. The van der Waals surface area contributed by atoms with E-state index in [1.165, 1.54) is 49.7 Å². The van der Waals surface area contributed by atoms with E-state index in [2.05, 4.69) is 37.1 Å². The largest absolute Gasteiger partial charge is 0.310 e. The highest BCUT2D eigenvalue weighted by Gasteiger charge is 2.28. The van der Waals surface area contributed by atoms with Gasteiger partial charge in [-0.3, -0.25) is 4.98 Å². The number of nitrogens with one attached hydrogen (secondary N) is 1. The molecule has 2 heteroatoms. The number of hydrogen-bond acceptors (Lipinski definition) is 2. The summed E-state index contributed by atoms with van der Waals surface area (Å²) in [5.41, 5.74) is 2.80. The summed E-state index contributed by atoms with van der Waals surface area (Å²) in [4.78, 5) is 4.25. The van der Waals surface area contributed by atoms with Gasteiger partial charge in [0.1, 0.15) is 0 Å². The zero-order valence-corrected chi connectivity index (χ0v) is 13.4. The van der Waals surface area contributed by atoms with Gasteiger partial charge in [-0.1, -0.05) is 33.1 Å². The summed E-state index contributed by atoms with van der Waals surface area (Å²) < 4.78 is 0. The van der Waals surface area contributed by atoms with Crippen LogP contribution in [0.1, 0.15) is 69.5 Å². The zero-order valence-electron chi connectivity index (χ0n) is 13.4. The van der Waals surface area contributed by atoms with Crippen LogP contribution >= 0.6 is 0 Å². The molecule has 0 aromatic carbocycles. The molecule has 1 atom stereocenters. The van der Waals surface area contributed by atoms with Gasteiger partial charge in [0, 0.05) is 18.4 Å². The van der Waals surface area contributed by atoms with Gasteiger partial charge in [0.25, 0.3) is 0 Å². The molecule has 20 heavy (non-hydrogen) atoms. The Hall–Kier alpha value is -0.890. The van der Waals surface area contributed by atoms with Crippen molar-refractivity contribution >= 4 is 0 Å². The Balaban J connectivity index is 2.10. The first-order valence-electron chi connectivity index (χ1n) is 8.40. The third kappa shape index (κ3) is 3.82. The monoisotopic (exact) mass is 274 g/mol. The Kier molecular flexibility index (Phi) is 6.03. The molecular formula is C18H30N2. The summed E-state index contributed by atoms with van der Waals surface area (Å²) >= 11 is 0. The van der Waals surface area contributed by atoms with Crippen LogP contribution in [0.3, 0.4) is 0 Å². The topological polar surface area (TPSA) is 24.9 Å². The fraction of sp³-hybridized carbons (Fsp3) is 0.722. The number of aromatic nitrogens is 1. The molecule has 0 saturated heterocycles. The van der Waals surface area contributed by atoms with Crippen LogP contribution in [-0.2, 0) is 0 Å². The number of hydrogen-bond donors (Lipinski definition) is 1. The van der Waals surface area contributed by atoms with E-state index >= 15 is 0 Å². The third-order valence-corrected chi connectivity index (χ3v) is 4.95. The van der Waals surface area contributed by atoms with E-state index in [1.807, 2.05) is 12.4 Å². The smallest absolute Gasteiger partial charge is 0.0352 e. The normalized spacial score (nSPS) is 24.6. The van der Waals surface area contributed by atoms with Gasteiger partial charge in [0.05, 0.1) is 0 Å². The molecule has 1 saturated carbocycles. The molecule has 1 N–H and O–H groups in total. The molecule has 1 unspecified atom stereocenters. The molecule has 1 heterocycles. The summed E-state index contributed by atoms with van der Waals surface area (Å²) in [6.07, 6.45) is 12.1. The molecule has 1 aliphatic carbocycles. The van der Waals surface area contributed by atoms with Gasteiger partial charge in [-0.25, -0.2) is 0 Å². The predicted molar refractivity (Wildman–Crippen MR) is 85.7 cm³/mol. The molecule has 1 aromatic heterocycles. The summed E-state index contributed by atoms with van der Waals surface area (Å²) in [6, 6.07) is 2.74. The van der Waals surface area contributed by atoms with Crippen LogP contribution in [0.2, 0.25) is 0 Å². The second kappa shape index (κ2) is 7.78. The van der Waals surface area contributed by atoms with Gasteiger partial charge >= 0.3 is 0 Å². The third-order valence-electron chi connectivity index (χ3n) is 4.95. The molecular weight excluding hydrogens is 244 g/mol. The van der Waals surface area contributed by atoms with Gasteiger partial charge in [0.15, 0.2) is 0 Å². The van der Waals surface area contributed by atoms with Gasteiger partial charge < -0.3 is 5.32 Å². The summed E-state index contributed by atoms with van der Waals surface area (Å²) in [5.74, 6) is 1.77. The molecule has 0 aliphatic heterocycles. The standard InChI is InChI=1S/C18H30N2/c1-4-11-20-18(17-10-12-19-13-14(17)3)16-8-6-15(5-2)7-9-16/h10,12-13,15-16,18,20H,4-9,11H2,1-3H3. The highest BCUT2D eigenvalue weighted by atomic mass is 14.9. The van der Waals surface area contributed by atoms with Crippen molar-refractivity contribution in [2.24, 2.45) is 11.8 Å². The maximum atomic E-state index is 4.25. The Morgan fingerprint density at radius 3 is 2.60 bits per heavy atom. The van der Waals surface area contributed by atoms with Crippen molar-refractivity contribution in [3.8, 4) is 0 Å². The first kappa shape index (κ1) is 15.5. The Morgan fingerprint density at radius 1 is 1.25 bits per heavy atom. The Labute approximate surface area is 124 Å². The van der Waals surface area contributed by atoms with E-state index in [-0.39, 0.29) is 0 Å². The van der Waals surface area contributed by atoms with Crippen LogP contribution in [0.15, 0.2) is 18.5 Å². The second-order valence-corrected chi connectivity index (χ2v) is 6.35. The molecule has 0 amide bonds. The molecule has 1 aromatic rings. The van der Waals surface area contributed by atoms with E-state index in [4.69, 9.17) is 0 Å². The van der Waals surface area contributed by atoms with Crippen LogP contribution < -0.4 is 5.32 Å². The van der Waals surface area contributed by atoms with E-state index in [1.54, 1.807) is 0 Å². The minimum absolute atomic E-state index is 0.524. The van der Waals surface area contributed by atoms with Gasteiger partial charge in [0.2, 0.25) is 0 Å². The lowest BCUT2D eigenvalue weighted by Crippen LogP contribution is -2.32. The lowest BCUT2D eigenvalue weighted by molar-refractivity contribution is 0.218. The van der Waals surface area contributed by atoms with Gasteiger partial charge in [-0.2, -0.15) is 0 Å². The predicted octanol–water partition coefficient (Wildman–Crippen LogP) is 4.65. The van der Waals surface area contributed by atoms with Crippen LogP contribution in [0, 0.1) is 18.8 Å². The molecule has 2 rings (SSSR count). The van der Waals surface area contributed by atoms with Gasteiger partial charge in [-0.05, 0) is 61.8 Å². The zero-order chi connectivity index (χ0) is 14.4. The SMILES string of the molecule is CCCNC(c1ccncc1C)C1CCC(CC)CC1. The highest BCUT2D eigenvalue weighted by Crippen LogP contribution is 2.38. The van der Waals surface area contributed by atoms with Crippen LogP contribution in [0.25, 0.3) is 0 Å². The van der Waals surface area contributed by atoms with Crippen LogP contribution in [0.5, 0.6) is 0 Å². The molecule has 0 radical (unpaired) electrons. The van der Waals surface area contributed by atoms with E-state index in [9.17, 15) is 0 Å². The quantitative estimate of drug-likeness (QED) is 0.817. The minimum Gasteiger partial charge on any atom is -0.310 e. The first-order chi connectivity index (χ1) is 9.76. The fourth-order valence-electron chi connectivity index (χ4n) is 3.59. The molecule has 1 aliphatic rings. The summed E-state index contributed by atoms with van der Waals surface area (Å²) in [7, 11) is 0. The van der Waals surface area contributed by atoms with Crippen molar-refractivity contribution in [2.75, 3.05) is 6.54 Å². The van der Waals surface area contributed by atoms with Crippen molar-refractivity contribution in [3.63, 3.8) is 0 Å². The number of aryl methyl sites for hydroxylation is 1. The lowest BCUT2D eigenvalue weighted by Gasteiger charge is -2.35. The van der Waals surface area contributed by atoms with E-state index < -0.39 is 0 Å². The number of nitrogens with zero attached hydrogens (tertiary/aromatic N) is 1. The Morgan fingerprint density at radius 2 is 2.00 bits per heavy atom. The van der Waals surface area contributed by atoms with Crippen molar-refractivity contribution in [3.05, 3.63) is 29.6 Å². The van der Waals surface area contributed by atoms with Crippen molar-refractivity contribution in [1.82, 2.24) is 10.3 Å². The molecule has 0 bridgehead atoms. The van der Waals surface area contributed by atoms with E-state index in [0.717, 1.165) is 18.4 Å². The Bertz CT molecular complexity index is 394. The fourth-order valence-corrected chi connectivity index (χ4v) is 3.59. The maximum absolute atomic E-state index is 4.25. The number of pyridine rings is 1. The van der Waals surface area contributed by atoms with Crippen LogP contribution in [-0.4, -0.2) is 11.5 Å². The molecule has 112 valence electrons. The lowest BCUT2D eigenvalue weighted by atomic mass is 9.75. The van der Waals surface area contributed by atoms with Gasteiger partial charge in [-0.15, -0.1) is 0 Å². The van der Waals surface area contributed by atoms with Crippen molar-refractivity contribution in [1.29, 1.82) is 0 Å². The molecule has 0 spiro atoms. The minimum atomic E-state index is 0.524. The maximum Gasteiger partial charge on any atom is 0.0352 e. The molecule has 2 nitrogen and oxygen atoms in total. The van der Waals surface area contributed by atoms with Crippen LogP contribution in [0.4, 0.5) is 0 Å². The number of rotatable bonds is 6. The summed E-state index contributed by atoms with van der Waals surface area (Å²) in [5, 5.41) is 3.80. The highest BCUT2D eigenvalue weighted by molar-refractivity contribution is 5.26. The second-order valence-electron chi connectivity index (χ2n) is 6.35. The first-order valence-corrected chi connectivity index (χ1v) is 8.40. The van der Waals surface area contributed by atoms with Crippen molar-refractivity contribution in [2.45, 2.75) is 65.3 Å². The molecule has 1 fully saturated rings. The average molecular weight is 274 g/mol. The van der Waals surface area contributed by atoms with E-state index in [0.29, 0.717) is 6.04 Å². The van der Waals surface area contributed by atoms with Crippen molar-refractivity contribution < 1.29 is 0 Å².